The molecule has 276 valence electrons. The van der Waals surface area contributed by atoms with Crippen molar-refractivity contribution in [1.82, 2.24) is 0 Å². The van der Waals surface area contributed by atoms with Crippen molar-refractivity contribution in [2.24, 2.45) is 9.98 Å². The third kappa shape index (κ3) is 6.77. The number of thiophene rings is 2. The van der Waals surface area contributed by atoms with E-state index in [0.717, 1.165) is 28.8 Å². The molecule has 2 aromatic heterocycles. The molecule has 8 aromatic carbocycles. The molecule has 0 atom stereocenters. The lowest BCUT2D eigenvalue weighted by Crippen LogP contribution is -2.06. The molecule has 4 heteroatoms. The monoisotopic (exact) mass is 778 g/mol. The van der Waals surface area contributed by atoms with E-state index in [0.29, 0.717) is 11.5 Å². The van der Waals surface area contributed by atoms with Gasteiger partial charge in [0.05, 0.1) is 5.70 Å². The molecule has 10 rings (SSSR count). The van der Waals surface area contributed by atoms with Gasteiger partial charge in [0.1, 0.15) is 0 Å². The molecule has 2 heterocycles. The van der Waals surface area contributed by atoms with Crippen LogP contribution in [0.25, 0.3) is 79.4 Å². The molecule has 0 fully saturated rings. The van der Waals surface area contributed by atoms with E-state index in [1.54, 1.807) is 0 Å². The topological polar surface area (TPSA) is 24.7 Å². The van der Waals surface area contributed by atoms with Gasteiger partial charge in [-0.15, -0.1) is 22.7 Å². The lowest BCUT2D eigenvalue weighted by Gasteiger charge is -2.11. The normalized spacial score (nSPS) is 12.2. The number of benzene rings is 8. The molecule has 0 saturated carbocycles. The van der Waals surface area contributed by atoms with Gasteiger partial charge in [0.2, 0.25) is 0 Å². The van der Waals surface area contributed by atoms with E-state index in [1.165, 1.54) is 73.7 Å². The summed E-state index contributed by atoms with van der Waals surface area (Å²) in [5.74, 6) is 0.648. The molecule has 0 aliphatic heterocycles. The van der Waals surface area contributed by atoms with E-state index in [1.807, 2.05) is 40.9 Å². The zero-order valence-corrected chi connectivity index (χ0v) is 33.7. The van der Waals surface area contributed by atoms with E-state index in [9.17, 15) is 0 Å². The van der Waals surface area contributed by atoms with E-state index in [2.05, 4.69) is 183 Å². The van der Waals surface area contributed by atoms with Crippen molar-refractivity contribution >= 4 is 80.3 Å². The minimum Gasteiger partial charge on any atom is -0.233 e. The second-order valence-corrected chi connectivity index (χ2v) is 16.7. The molecule has 0 radical (unpaired) electrons. The van der Waals surface area contributed by atoms with Gasteiger partial charge in [0.15, 0.2) is 5.84 Å². The van der Waals surface area contributed by atoms with Gasteiger partial charge in [0, 0.05) is 57.2 Å². The molecule has 0 unspecified atom stereocenters. The zero-order valence-electron chi connectivity index (χ0n) is 32.0. The molecule has 58 heavy (non-hydrogen) atoms. The number of nitrogens with zero attached hydrogens (tertiary/aromatic N) is 2. The van der Waals surface area contributed by atoms with Crippen molar-refractivity contribution in [3.63, 3.8) is 0 Å². The molecule has 0 spiro atoms. The maximum atomic E-state index is 5.34. The van der Waals surface area contributed by atoms with Crippen LogP contribution in [0.4, 0.5) is 0 Å². The fourth-order valence-corrected chi connectivity index (χ4v) is 10.2. The Morgan fingerprint density at radius 3 is 1.83 bits per heavy atom. The Kier molecular flexibility index (Phi) is 9.42. The van der Waals surface area contributed by atoms with Crippen molar-refractivity contribution in [2.75, 3.05) is 0 Å². The zero-order chi connectivity index (χ0) is 39.0. The van der Waals surface area contributed by atoms with Crippen molar-refractivity contribution < 1.29 is 0 Å². The van der Waals surface area contributed by atoms with Gasteiger partial charge in [-0.25, -0.2) is 9.98 Å². The summed E-state index contributed by atoms with van der Waals surface area (Å²) in [6.45, 7) is 6.77. The van der Waals surface area contributed by atoms with Crippen LogP contribution in [0.5, 0.6) is 0 Å². The van der Waals surface area contributed by atoms with Crippen LogP contribution in [-0.4, -0.2) is 11.5 Å². The highest BCUT2D eigenvalue weighted by Crippen LogP contribution is 2.41. The number of aliphatic imine (C=N–C) groups is 2. The fraction of sp³-hybridized carbons (Fsp3) is 0.0370. The summed E-state index contributed by atoms with van der Waals surface area (Å²) in [5, 5.41) is 5.00. The fourth-order valence-electron chi connectivity index (χ4n) is 7.94. The molecule has 0 aliphatic rings. The summed E-state index contributed by atoms with van der Waals surface area (Å²) in [6, 6.07) is 67.1. The van der Waals surface area contributed by atoms with Gasteiger partial charge in [-0.2, -0.15) is 0 Å². The SMILES string of the molecule is C=C(N=C(N=C(CC)c1cccc(-c2ccc3c(c2)sc2ccccc23)c1)c1ccccc1)c1cccc2sc3ccc(-c4cccc(-c5ccccc5)c4)cc3c12. The van der Waals surface area contributed by atoms with Crippen LogP contribution in [0.2, 0.25) is 0 Å². The Hall–Kier alpha value is -6.72. The first-order valence-corrected chi connectivity index (χ1v) is 21.3. The molecule has 0 N–H and O–H groups in total. The second kappa shape index (κ2) is 15.3. The molecule has 0 bridgehead atoms. The van der Waals surface area contributed by atoms with Crippen molar-refractivity contribution in [3.8, 4) is 33.4 Å². The minimum atomic E-state index is 0.648. The van der Waals surface area contributed by atoms with Crippen LogP contribution >= 0.6 is 22.7 Å². The average molecular weight is 779 g/mol. The summed E-state index contributed by atoms with van der Waals surface area (Å²) in [6.07, 6.45) is 0.746. The van der Waals surface area contributed by atoms with Crippen LogP contribution in [0.3, 0.4) is 0 Å². The first-order chi connectivity index (χ1) is 28.6. The standard InChI is InChI=1S/C54H38N2S2/c1-3-48(43-22-13-21-40(32-43)42-27-29-46-45-23-10-11-25-49(45)58-52(46)34-42)56-54(37-17-8-5-9-18-37)55-35(2)44-24-14-26-51-53(44)47-33-41(28-30-50(47)57-51)39-20-12-19-38(31-39)36-15-6-4-7-16-36/h4-34H,2-3H2,1H3. The van der Waals surface area contributed by atoms with Crippen LogP contribution < -0.4 is 0 Å². The summed E-state index contributed by atoms with van der Waals surface area (Å²) >= 11 is 3.66. The van der Waals surface area contributed by atoms with Gasteiger partial charge in [-0.05, 0) is 87.8 Å². The maximum Gasteiger partial charge on any atom is 0.160 e. The van der Waals surface area contributed by atoms with Crippen LogP contribution in [0.1, 0.15) is 30.0 Å². The summed E-state index contributed by atoms with van der Waals surface area (Å²) < 4.78 is 5.07. The Labute approximate surface area is 346 Å². The number of fused-ring (bicyclic) bond motifs is 6. The first-order valence-electron chi connectivity index (χ1n) is 19.6. The van der Waals surface area contributed by atoms with Crippen molar-refractivity contribution in [3.05, 3.63) is 211 Å². The van der Waals surface area contributed by atoms with Gasteiger partial charge >= 0.3 is 0 Å². The van der Waals surface area contributed by atoms with E-state index >= 15 is 0 Å². The van der Waals surface area contributed by atoms with Gasteiger partial charge in [-0.3, -0.25) is 0 Å². The Bertz CT molecular complexity index is 3220. The number of hydrogen-bond acceptors (Lipinski definition) is 3. The maximum absolute atomic E-state index is 5.34. The van der Waals surface area contributed by atoms with Crippen molar-refractivity contribution in [2.45, 2.75) is 13.3 Å². The average Bonchev–Trinajstić information content (AvgIpc) is 3.86. The van der Waals surface area contributed by atoms with Crippen LogP contribution in [0.15, 0.2) is 205 Å². The van der Waals surface area contributed by atoms with Crippen molar-refractivity contribution in [1.29, 1.82) is 0 Å². The Morgan fingerprint density at radius 1 is 0.431 bits per heavy atom. The summed E-state index contributed by atoms with van der Waals surface area (Å²) in [4.78, 5) is 10.6. The predicted octanol–water partition coefficient (Wildman–Crippen LogP) is 15.7. The third-order valence-corrected chi connectivity index (χ3v) is 13.1. The Balaban J connectivity index is 1.04. The molecule has 10 aromatic rings. The highest BCUT2D eigenvalue weighted by atomic mass is 32.1. The van der Waals surface area contributed by atoms with Gasteiger partial charge in [-0.1, -0.05) is 159 Å². The number of amidine groups is 1. The van der Waals surface area contributed by atoms with E-state index in [-0.39, 0.29) is 0 Å². The molecule has 0 aliphatic carbocycles. The predicted molar refractivity (Wildman–Crippen MR) is 254 cm³/mol. The second-order valence-electron chi connectivity index (χ2n) is 14.5. The highest BCUT2D eigenvalue weighted by Gasteiger charge is 2.15. The number of rotatable bonds is 8. The molecule has 0 saturated heterocycles. The Morgan fingerprint density at radius 2 is 1.00 bits per heavy atom. The quantitative estimate of drug-likeness (QED) is 0.108. The van der Waals surface area contributed by atoms with E-state index in [4.69, 9.17) is 9.98 Å². The smallest absolute Gasteiger partial charge is 0.160 e. The molecular formula is C54H38N2S2. The largest absolute Gasteiger partial charge is 0.233 e. The molecular weight excluding hydrogens is 741 g/mol. The third-order valence-electron chi connectivity index (χ3n) is 10.9. The lowest BCUT2D eigenvalue weighted by molar-refractivity contribution is 1.27. The van der Waals surface area contributed by atoms with Gasteiger partial charge in [0.25, 0.3) is 0 Å². The summed E-state index contributed by atoms with van der Waals surface area (Å²) in [5.41, 5.74) is 11.9. The van der Waals surface area contributed by atoms with Gasteiger partial charge < -0.3 is 0 Å². The van der Waals surface area contributed by atoms with Crippen LogP contribution in [-0.2, 0) is 0 Å². The highest BCUT2D eigenvalue weighted by molar-refractivity contribution is 7.26. The number of hydrogen-bond donors (Lipinski definition) is 0. The lowest BCUT2D eigenvalue weighted by atomic mass is 9.97. The molecule has 2 nitrogen and oxygen atoms in total. The summed E-state index contributed by atoms with van der Waals surface area (Å²) in [7, 11) is 0. The van der Waals surface area contributed by atoms with E-state index < -0.39 is 0 Å². The van der Waals surface area contributed by atoms with Crippen LogP contribution in [0, 0.1) is 0 Å². The molecule has 0 amide bonds. The first kappa shape index (κ1) is 35.7. The minimum absolute atomic E-state index is 0.648.